The third-order valence-corrected chi connectivity index (χ3v) is 2.24. The highest BCUT2D eigenvalue weighted by atomic mass is 19.1. The summed E-state index contributed by atoms with van der Waals surface area (Å²) in [6.45, 7) is 0.655. The lowest BCUT2D eigenvalue weighted by molar-refractivity contribution is -0.0502. The second-order valence-electron chi connectivity index (χ2n) is 2.95. The molecule has 2 N–H and O–H groups in total. The lowest BCUT2D eigenvalue weighted by Gasteiger charge is -2.25. The van der Waals surface area contributed by atoms with Crippen LogP contribution in [0.1, 0.15) is 12.8 Å². The largest absolute Gasteiger partial charge is 0.365 e. The van der Waals surface area contributed by atoms with Gasteiger partial charge in [0.05, 0.1) is 0 Å². The minimum absolute atomic E-state index is 0.307. The van der Waals surface area contributed by atoms with Gasteiger partial charge in [-0.1, -0.05) is 0 Å². The molecule has 2 aliphatic rings. The normalized spacial score (nSPS) is 53.4. The molecular weight excluding hydrogens is 135 g/mol. The van der Waals surface area contributed by atoms with Gasteiger partial charge in [0.25, 0.3) is 0 Å². The van der Waals surface area contributed by atoms with E-state index >= 15 is 0 Å². The molecule has 58 valence electrons. The number of fused-ring (bicyclic) bond motifs is 2. The van der Waals surface area contributed by atoms with Crippen LogP contribution >= 0.6 is 0 Å². The number of nitrogens with one attached hydrogen (secondary N) is 1. The molecule has 2 heterocycles. The number of aliphatic hydroxyl groups excluding tert-OH is 1. The van der Waals surface area contributed by atoms with Gasteiger partial charge in [-0.05, 0) is 12.8 Å². The molecule has 0 aromatic carbocycles. The van der Waals surface area contributed by atoms with Crippen molar-refractivity contribution in [2.24, 2.45) is 0 Å². The van der Waals surface area contributed by atoms with Crippen molar-refractivity contribution in [2.75, 3.05) is 6.54 Å². The van der Waals surface area contributed by atoms with Crippen molar-refractivity contribution in [2.45, 2.75) is 31.5 Å². The predicted molar refractivity (Wildman–Crippen MR) is 33.8 cm³/mol. The molecule has 0 aromatic rings. The molecule has 0 aromatic heterocycles. The number of piperidine rings is 1. The van der Waals surface area contributed by atoms with Crippen LogP contribution in [0.2, 0.25) is 0 Å². The standard InChI is InChI=1S/C6H11FN2O/c7-5-2-1-4-3-9(5)6(10)8-4/h4-6,8,10H,1-3H2/t4-,5-,6?/m0/s1. The lowest BCUT2D eigenvalue weighted by Crippen LogP contribution is -2.40. The number of hydrogen-bond acceptors (Lipinski definition) is 3. The van der Waals surface area contributed by atoms with Crippen LogP contribution in [-0.2, 0) is 0 Å². The van der Waals surface area contributed by atoms with E-state index in [-0.39, 0.29) is 0 Å². The molecule has 0 amide bonds. The van der Waals surface area contributed by atoms with Crippen LogP contribution in [0.15, 0.2) is 0 Å². The van der Waals surface area contributed by atoms with Crippen molar-refractivity contribution in [3.8, 4) is 0 Å². The van der Waals surface area contributed by atoms with Crippen LogP contribution in [0.3, 0.4) is 0 Å². The third-order valence-electron chi connectivity index (χ3n) is 2.24. The summed E-state index contributed by atoms with van der Waals surface area (Å²) in [5, 5.41) is 12.0. The van der Waals surface area contributed by atoms with E-state index in [0.29, 0.717) is 19.0 Å². The van der Waals surface area contributed by atoms with Gasteiger partial charge in [0, 0.05) is 12.6 Å². The fraction of sp³-hybridized carbons (Fsp3) is 1.00. The van der Waals surface area contributed by atoms with Crippen LogP contribution < -0.4 is 5.32 Å². The third kappa shape index (κ3) is 0.836. The topological polar surface area (TPSA) is 35.5 Å². The average molecular weight is 146 g/mol. The van der Waals surface area contributed by atoms with Crippen molar-refractivity contribution in [3.63, 3.8) is 0 Å². The molecule has 2 fully saturated rings. The number of hydrogen-bond donors (Lipinski definition) is 2. The first kappa shape index (κ1) is 6.52. The van der Waals surface area contributed by atoms with E-state index in [1.54, 1.807) is 0 Å². The summed E-state index contributed by atoms with van der Waals surface area (Å²) in [4.78, 5) is 1.45. The van der Waals surface area contributed by atoms with Gasteiger partial charge in [0.1, 0.15) is 0 Å². The first-order valence-electron chi connectivity index (χ1n) is 3.61. The van der Waals surface area contributed by atoms with Gasteiger partial charge >= 0.3 is 0 Å². The SMILES string of the molecule is OC1N[C@H]2CC[C@@H](F)N1C2. The van der Waals surface area contributed by atoms with E-state index in [0.717, 1.165) is 6.42 Å². The summed E-state index contributed by atoms with van der Waals surface area (Å²) in [6.07, 6.45) is -0.299. The fourth-order valence-electron chi connectivity index (χ4n) is 1.66. The Morgan fingerprint density at radius 2 is 2.30 bits per heavy atom. The summed E-state index contributed by atoms with van der Waals surface area (Å²) in [5.41, 5.74) is 0. The van der Waals surface area contributed by atoms with E-state index in [1.165, 1.54) is 4.90 Å². The maximum atomic E-state index is 12.9. The summed E-state index contributed by atoms with van der Waals surface area (Å²) in [5.74, 6) is 0. The zero-order valence-corrected chi connectivity index (χ0v) is 5.63. The summed E-state index contributed by atoms with van der Waals surface area (Å²) in [6, 6.07) is 0.307. The smallest absolute Gasteiger partial charge is 0.165 e. The molecule has 2 rings (SSSR count). The molecule has 2 saturated heterocycles. The zero-order valence-electron chi connectivity index (χ0n) is 5.63. The van der Waals surface area contributed by atoms with Crippen molar-refractivity contribution < 1.29 is 9.50 Å². The second kappa shape index (κ2) is 2.15. The first-order valence-corrected chi connectivity index (χ1v) is 3.61. The van der Waals surface area contributed by atoms with E-state index in [2.05, 4.69) is 5.32 Å². The minimum atomic E-state index is -0.943. The molecule has 3 nitrogen and oxygen atoms in total. The van der Waals surface area contributed by atoms with Crippen LogP contribution in [-0.4, -0.2) is 35.2 Å². The van der Waals surface area contributed by atoms with Crippen LogP contribution in [0, 0.1) is 0 Å². The predicted octanol–water partition coefficient (Wildman–Crippen LogP) is -0.375. The van der Waals surface area contributed by atoms with Gasteiger partial charge in [-0.25, -0.2) is 9.29 Å². The van der Waals surface area contributed by atoms with Crippen molar-refractivity contribution in [1.29, 1.82) is 0 Å². The molecule has 10 heavy (non-hydrogen) atoms. The maximum absolute atomic E-state index is 12.9. The molecule has 4 atom stereocenters. The quantitative estimate of drug-likeness (QED) is 0.457. The van der Waals surface area contributed by atoms with E-state index < -0.39 is 12.6 Å². The minimum Gasteiger partial charge on any atom is -0.365 e. The number of alkyl halides is 1. The number of rotatable bonds is 0. The highest BCUT2D eigenvalue weighted by molar-refractivity contribution is 4.88. The molecule has 2 bridgehead atoms. The Bertz CT molecular complexity index is 140. The van der Waals surface area contributed by atoms with Crippen LogP contribution in [0.4, 0.5) is 4.39 Å². The zero-order chi connectivity index (χ0) is 7.14. The van der Waals surface area contributed by atoms with Gasteiger partial charge in [0.2, 0.25) is 0 Å². The summed E-state index contributed by atoms with van der Waals surface area (Å²) < 4.78 is 12.9. The van der Waals surface area contributed by atoms with E-state index in [1.807, 2.05) is 0 Å². The first-order chi connectivity index (χ1) is 4.77. The fourth-order valence-corrected chi connectivity index (χ4v) is 1.66. The number of aliphatic hydroxyl groups is 1. The summed E-state index contributed by atoms with van der Waals surface area (Å²) >= 11 is 0. The molecule has 4 heteroatoms. The van der Waals surface area contributed by atoms with Gasteiger partial charge in [0.15, 0.2) is 12.6 Å². The van der Waals surface area contributed by atoms with Crippen LogP contribution in [0.25, 0.3) is 0 Å². The Morgan fingerprint density at radius 3 is 3.00 bits per heavy atom. The molecular formula is C6H11FN2O. The van der Waals surface area contributed by atoms with Gasteiger partial charge in [-0.3, -0.25) is 5.32 Å². The highest BCUT2D eigenvalue weighted by Gasteiger charge is 2.38. The molecule has 0 radical (unpaired) electrons. The van der Waals surface area contributed by atoms with Gasteiger partial charge in [-0.15, -0.1) is 0 Å². The highest BCUT2D eigenvalue weighted by Crippen LogP contribution is 2.24. The molecule has 0 saturated carbocycles. The monoisotopic (exact) mass is 146 g/mol. The molecule has 2 unspecified atom stereocenters. The number of halogens is 1. The lowest BCUT2D eigenvalue weighted by atomic mass is 10.1. The Kier molecular flexibility index (Phi) is 1.40. The van der Waals surface area contributed by atoms with Crippen LogP contribution in [0.5, 0.6) is 0 Å². The Labute approximate surface area is 58.8 Å². The number of nitrogens with zero attached hydrogens (tertiary/aromatic N) is 1. The van der Waals surface area contributed by atoms with Gasteiger partial charge in [-0.2, -0.15) is 0 Å². The van der Waals surface area contributed by atoms with Gasteiger partial charge < -0.3 is 5.11 Å². The Morgan fingerprint density at radius 1 is 1.50 bits per heavy atom. The van der Waals surface area contributed by atoms with E-state index in [9.17, 15) is 4.39 Å². The molecule has 2 aliphatic heterocycles. The maximum Gasteiger partial charge on any atom is 0.165 e. The average Bonchev–Trinajstić information content (AvgIpc) is 2.21. The van der Waals surface area contributed by atoms with E-state index in [4.69, 9.17) is 5.11 Å². The Balaban J connectivity index is 2.10. The van der Waals surface area contributed by atoms with Crippen molar-refractivity contribution in [3.05, 3.63) is 0 Å². The summed E-state index contributed by atoms with van der Waals surface area (Å²) in [7, 11) is 0. The molecule has 0 spiro atoms. The molecule has 0 aliphatic carbocycles. The van der Waals surface area contributed by atoms with Crippen molar-refractivity contribution in [1.82, 2.24) is 10.2 Å². The second-order valence-corrected chi connectivity index (χ2v) is 2.95. The Hall–Kier alpha value is -0.190. The van der Waals surface area contributed by atoms with Crippen molar-refractivity contribution >= 4 is 0 Å².